The van der Waals surface area contributed by atoms with Crippen molar-refractivity contribution in [3.8, 4) is 0 Å². The number of hydrogen-bond acceptors (Lipinski definition) is 5. The highest BCUT2D eigenvalue weighted by Crippen LogP contribution is 2.16. The third-order valence-corrected chi connectivity index (χ3v) is 3.15. The Labute approximate surface area is 117 Å². The fraction of sp³-hybridized carbons (Fsp3) is 0.583. The van der Waals surface area contributed by atoms with Gasteiger partial charge in [0, 0.05) is 24.4 Å². The first-order valence-corrected chi connectivity index (χ1v) is 7.07. The van der Waals surface area contributed by atoms with Gasteiger partial charge in [0.25, 0.3) is 0 Å². The summed E-state index contributed by atoms with van der Waals surface area (Å²) in [6, 6.07) is 0. The highest BCUT2D eigenvalue weighted by molar-refractivity contribution is 7.13. The van der Waals surface area contributed by atoms with Crippen LogP contribution >= 0.6 is 11.3 Å². The minimum absolute atomic E-state index is 0.0673. The number of rotatable bonds is 7. The van der Waals surface area contributed by atoms with Gasteiger partial charge in [0.15, 0.2) is 5.13 Å². The van der Waals surface area contributed by atoms with Gasteiger partial charge in [0.05, 0.1) is 12.1 Å². The summed E-state index contributed by atoms with van der Waals surface area (Å²) in [5.41, 5.74) is 0.672. The van der Waals surface area contributed by atoms with Crippen LogP contribution in [-0.4, -0.2) is 36.9 Å². The van der Waals surface area contributed by atoms with Crippen LogP contribution < -0.4 is 16.0 Å². The topological polar surface area (TPSA) is 83.1 Å². The van der Waals surface area contributed by atoms with Crippen molar-refractivity contribution < 1.29 is 9.59 Å². The van der Waals surface area contributed by atoms with Crippen molar-refractivity contribution in [2.24, 2.45) is 5.92 Å². The molecule has 2 amide bonds. The summed E-state index contributed by atoms with van der Waals surface area (Å²) in [6.45, 7) is 4.97. The first kappa shape index (κ1) is 15.6. The van der Waals surface area contributed by atoms with E-state index < -0.39 is 0 Å². The summed E-state index contributed by atoms with van der Waals surface area (Å²) < 4.78 is 0. The predicted octanol–water partition coefficient (Wildman–Crippen LogP) is 0.616. The van der Waals surface area contributed by atoms with Crippen LogP contribution in [0.25, 0.3) is 0 Å². The second-order valence-electron chi connectivity index (χ2n) is 4.42. The summed E-state index contributed by atoms with van der Waals surface area (Å²) in [6.07, 6.45) is 0.234. The lowest BCUT2D eigenvalue weighted by molar-refractivity contribution is -0.120. The highest BCUT2D eigenvalue weighted by Gasteiger charge is 2.11. The third-order valence-electron chi connectivity index (χ3n) is 2.35. The van der Waals surface area contributed by atoms with E-state index >= 15 is 0 Å². The van der Waals surface area contributed by atoms with Crippen LogP contribution in [0.2, 0.25) is 0 Å². The van der Waals surface area contributed by atoms with E-state index in [0.717, 1.165) is 6.54 Å². The number of hydrogen-bond donors (Lipinski definition) is 3. The third kappa shape index (κ3) is 5.80. The molecule has 1 heterocycles. The molecule has 1 aromatic heterocycles. The standard InChI is InChI=1S/C12H20N4O2S/c1-8(2)11(18)16-12-15-9(7-19-12)6-10(17)14-5-4-13-3/h7-8,13H,4-6H2,1-3H3,(H,14,17)(H,15,16,18). The normalized spacial score (nSPS) is 10.5. The zero-order valence-corrected chi connectivity index (χ0v) is 12.3. The predicted molar refractivity (Wildman–Crippen MR) is 76.2 cm³/mol. The molecule has 6 nitrogen and oxygen atoms in total. The fourth-order valence-electron chi connectivity index (χ4n) is 1.25. The van der Waals surface area contributed by atoms with Crippen LogP contribution in [0.5, 0.6) is 0 Å². The lowest BCUT2D eigenvalue weighted by atomic mass is 10.2. The van der Waals surface area contributed by atoms with Crippen molar-refractivity contribution in [1.82, 2.24) is 15.6 Å². The maximum absolute atomic E-state index is 11.6. The number of nitrogens with one attached hydrogen (secondary N) is 3. The Balaban J connectivity index is 2.42. The van der Waals surface area contributed by atoms with Gasteiger partial charge in [-0.05, 0) is 7.05 Å². The number of carbonyl (C=O) groups is 2. The van der Waals surface area contributed by atoms with E-state index in [1.54, 1.807) is 5.38 Å². The molecule has 3 N–H and O–H groups in total. The average molecular weight is 284 g/mol. The van der Waals surface area contributed by atoms with E-state index in [-0.39, 0.29) is 24.2 Å². The summed E-state index contributed by atoms with van der Waals surface area (Å²) in [4.78, 5) is 27.3. The van der Waals surface area contributed by atoms with E-state index in [1.165, 1.54) is 11.3 Å². The van der Waals surface area contributed by atoms with E-state index in [9.17, 15) is 9.59 Å². The molecule has 0 aliphatic heterocycles. The van der Waals surface area contributed by atoms with Gasteiger partial charge in [-0.15, -0.1) is 11.3 Å². The van der Waals surface area contributed by atoms with E-state index in [0.29, 0.717) is 17.4 Å². The zero-order valence-electron chi connectivity index (χ0n) is 11.4. The van der Waals surface area contributed by atoms with E-state index in [2.05, 4.69) is 20.9 Å². The molecule has 0 bridgehead atoms. The number of likely N-dealkylation sites (N-methyl/N-ethyl adjacent to an activating group) is 1. The average Bonchev–Trinajstić information content (AvgIpc) is 2.76. The number of anilines is 1. The van der Waals surface area contributed by atoms with Crippen LogP contribution in [0.15, 0.2) is 5.38 Å². The molecule has 0 saturated heterocycles. The summed E-state index contributed by atoms with van der Waals surface area (Å²) >= 11 is 1.33. The second-order valence-corrected chi connectivity index (χ2v) is 5.28. The van der Waals surface area contributed by atoms with Crippen molar-refractivity contribution in [1.29, 1.82) is 0 Å². The molecule has 0 radical (unpaired) electrons. The van der Waals surface area contributed by atoms with E-state index in [4.69, 9.17) is 0 Å². The molecule has 0 aromatic carbocycles. The lowest BCUT2D eigenvalue weighted by Crippen LogP contribution is -2.31. The first-order chi connectivity index (χ1) is 9.02. The summed E-state index contributed by atoms with van der Waals surface area (Å²) in [5, 5.41) is 10.8. The molecule has 7 heteroatoms. The Morgan fingerprint density at radius 3 is 2.74 bits per heavy atom. The Morgan fingerprint density at radius 1 is 1.37 bits per heavy atom. The molecule has 0 aliphatic rings. The van der Waals surface area contributed by atoms with Gasteiger partial charge in [0.1, 0.15) is 0 Å². The zero-order chi connectivity index (χ0) is 14.3. The Kier molecular flexibility index (Phi) is 6.44. The van der Waals surface area contributed by atoms with Crippen molar-refractivity contribution in [2.45, 2.75) is 20.3 Å². The molecular weight excluding hydrogens is 264 g/mol. The van der Waals surface area contributed by atoms with Gasteiger partial charge < -0.3 is 16.0 Å². The molecule has 19 heavy (non-hydrogen) atoms. The summed E-state index contributed by atoms with van der Waals surface area (Å²) in [5.74, 6) is -0.223. The summed E-state index contributed by atoms with van der Waals surface area (Å²) in [7, 11) is 1.83. The second kappa shape index (κ2) is 7.85. The SMILES string of the molecule is CNCCNC(=O)Cc1csc(NC(=O)C(C)C)n1. The minimum atomic E-state index is -0.0859. The van der Waals surface area contributed by atoms with Gasteiger partial charge >= 0.3 is 0 Å². The van der Waals surface area contributed by atoms with Crippen LogP contribution in [0, 0.1) is 5.92 Å². The van der Waals surface area contributed by atoms with Gasteiger partial charge in [-0.1, -0.05) is 13.8 Å². The molecule has 0 aliphatic carbocycles. The van der Waals surface area contributed by atoms with Crippen LogP contribution in [0.3, 0.4) is 0 Å². The van der Waals surface area contributed by atoms with Crippen molar-refractivity contribution in [3.05, 3.63) is 11.1 Å². The quantitative estimate of drug-likeness (QED) is 0.641. The van der Waals surface area contributed by atoms with Gasteiger partial charge in [0.2, 0.25) is 11.8 Å². The number of thiazole rings is 1. The van der Waals surface area contributed by atoms with Crippen molar-refractivity contribution in [2.75, 3.05) is 25.5 Å². The number of carbonyl (C=O) groups excluding carboxylic acids is 2. The van der Waals surface area contributed by atoms with Gasteiger partial charge in [-0.25, -0.2) is 4.98 Å². The number of nitrogens with zero attached hydrogens (tertiary/aromatic N) is 1. The highest BCUT2D eigenvalue weighted by atomic mass is 32.1. The lowest BCUT2D eigenvalue weighted by Gasteiger charge is -2.04. The molecule has 0 spiro atoms. The van der Waals surface area contributed by atoms with Crippen LogP contribution in [0.1, 0.15) is 19.5 Å². The first-order valence-electron chi connectivity index (χ1n) is 6.19. The molecule has 0 atom stereocenters. The smallest absolute Gasteiger partial charge is 0.228 e. The molecular formula is C12H20N4O2S. The molecule has 0 fully saturated rings. The molecule has 1 rings (SSSR count). The van der Waals surface area contributed by atoms with Crippen molar-refractivity contribution in [3.63, 3.8) is 0 Å². The monoisotopic (exact) mass is 284 g/mol. The maximum Gasteiger partial charge on any atom is 0.228 e. The molecule has 0 unspecified atom stereocenters. The Bertz CT molecular complexity index is 431. The maximum atomic E-state index is 11.6. The molecule has 106 valence electrons. The largest absolute Gasteiger partial charge is 0.354 e. The Hall–Kier alpha value is -1.47. The van der Waals surface area contributed by atoms with Gasteiger partial charge in [-0.3, -0.25) is 9.59 Å². The van der Waals surface area contributed by atoms with Gasteiger partial charge in [-0.2, -0.15) is 0 Å². The number of aromatic nitrogens is 1. The minimum Gasteiger partial charge on any atom is -0.354 e. The van der Waals surface area contributed by atoms with Crippen molar-refractivity contribution >= 4 is 28.3 Å². The fourth-order valence-corrected chi connectivity index (χ4v) is 1.96. The van der Waals surface area contributed by atoms with Crippen LogP contribution in [0.4, 0.5) is 5.13 Å². The van der Waals surface area contributed by atoms with E-state index in [1.807, 2.05) is 20.9 Å². The molecule has 1 aromatic rings. The number of amides is 2. The molecule has 0 saturated carbocycles. The van der Waals surface area contributed by atoms with Crippen LogP contribution in [-0.2, 0) is 16.0 Å². The Morgan fingerprint density at radius 2 is 2.11 bits per heavy atom.